The van der Waals surface area contributed by atoms with E-state index in [1.54, 1.807) is 18.3 Å². The number of carbonyl (C=O) groups excluding carboxylic acids is 3. The van der Waals surface area contributed by atoms with E-state index in [9.17, 15) is 14.4 Å². The number of thiophene rings is 1. The summed E-state index contributed by atoms with van der Waals surface area (Å²) >= 11 is 1.69. The molecular weight excluding hydrogens is 426 g/mol. The molecule has 2 aromatic rings. The molecule has 2 amide bonds. The van der Waals surface area contributed by atoms with Crippen LogP contribution in [0.4, 0.5) is 0 Å². The van der Waals surface area contributed by atoms with Gasteiger partial charge in [0.15, 0.2) is 0 Å². The number of rotatable bonds is 9. The second-order valence-corrected chi connectivity index (χ2v) is 9.28. The summed E-state index contributed by atoms with van der Waals surface area (Å²) in [4.78, 5) is 43.7. The first-order valence-corrected chi connectivity index (χ1v) is 12.2. The maximum Gasteiger partial charge on any atom is 0.355 e. The molecule has 8 heteroatoms. The molecule has 1 aliphatic rings. The third kappa shape index (κ3) is 6.00. The highest BCUT2D eigenvalue weighted by Gasteiger charge is 2.28. The number of likely N-dealkylation sites (tertiary alicyclic amines) is 1. The number of hydrogen-bond donors (Lipinski definition) is 2. The largest absolute Gasteiger partial charge is 0.461 e. The van der Waals surface area contributed by atoms with E-state index in [2.05, 4.69) is 16.4 Å². The molecule has 0 spiro atoms. The van der Waals surface area contributed by atoms with Gasteiger partial charge in [0.25, 0.3) is 0 Å². The lowest BCUT2D eigenvalue weighted by atomic mass is 9.96. The minimum atomic E-state index is -0.366. The van der Waals surface area contributed by atoms with Crippen molar-refractivity contribution in [2.45, 2.75) is 52.9 Å². The first-order valence-electron chi connectivity index (χ1n) is 11.3. The Morgan fingerprint density at radius 2 is 2.09 bits per heavy atom. The second kappa shape index (κ2) is 11.3. The number of esters is 1. The van der Waals surface area contributed by atoms with Gasteiger partial charge in [0.2, 0.25) is 11.8 Å². The molecule has 0 bridgehead atoms. The Labute approximate surface area is 193 Å². The van der Waals surface area contributed by atoms with E-state index >= 15 is 0 Å². The molecule has 32 heavy (non-hydrogen) atoms. The number of H-pyrrole nitrogens is 1. The quantitative estimate of drug-likeness (QED) is 0.562. The third-order valence-electron chi connectivity index (χ3n) is 6.06. The van der Waals surface area contributed by atoms with Gasteiger partial charge in [-0.1, -0.05) is 6.07 Å². The van der Waals surface area contributed by atoms with Crippen LogP contribution < -0.4 is 5.32 Å². The molecule has 3 heterocycles. The number of aryl methyl sites for hydroxylation is 1. The van der Waals surface area contributed by atoms with Crippen LogP contribution in [0.2, 0.25) is 0 Å². The molecule has 0 radical (unpaired) electrons. The Morgan fingerprint density at radius 3 is 2.81 bits per heavy atom. The number of ether oxygens (including phenoxy) is 1. The number of hydrogen-bond acceptors (Lipinski definition) is 5. The summed E-state index contributed by atoms with van der Waals surface area (Å²) in [6.45, 7) is 7.68. The van der Waals surface area contributed by atoms with Crippen LogP contribution in [0.5, 0.6) is 0 Å². The molecular formula is C24H33N3O4S. The Morgan fingerprint density at radius 1 is 1.28 bits per heavy atom. The molecule has 2 aromatic heterocycles. The number of carbonyl (C=O) groups is 3. The maximum absolute atomic E-state index is 12.9. The van der Waals surface area contributed by atoms with Gasteiger partial charge in [0.05, 0.1) is 12.5 Å². The molecule has 0 aliphatic carbocycles. The standard InChI is InChI=1S/C24H33N3O4S/c1-4-31-24(30)22-16(2)20(17(3)26-22)9-10-21(28)27-13-5-7-18(15-27)23(29)25-12-11-19-8-6-14-32-19/h6,8,14,18,26H,4-5,7,9-13,15H2,1-3H3,(H,25,29). The van der Waals surface area contributed by atoms with Gasteiger partial charge >= 0.3 is 5.97 Å². The number of nitrogens with one attached hydrogen (secondary N) is 2. The molecule has 3 rings (SSSR count). The fraction of sp³-hybridized carbons (Fsp3) is 0.542. The number of nitrogens with zero attached hydrogens (tertiary/aromatic N) is 1. The normalized spacial score (nSPS) is 16.1. The van der Waals surface area contributed by atoms with E-state index in [-0.39, 0.29) is 23.7 Å². The number of aromatic amines is 1. The number of aromatic nitrogens is 1. The van der Waals surface area contributed by atoms with Gasteiger partial charge in [-0.15, -0.1) is 11.3 Å². The van der Waals surface area contributed by atoms with Crippen molar-refractivity contribution in [2.24, 2.45) is 5.92 Å². The van der Waals surface area contributed by atoms with Crippen molar-refractivity contribution in [2.75, 3.05) is 26.2 Å². The van der Waals surface area contributed by atoms with E-state index in [0.717, 1.165) is 36.1 Å². The highest BCUT2D eigenvalue weighted by atomic mass is 32.1. The minimum Gasteiger partial charge on any atom is -0.461 e. The zero-order chi connectivity index (χ0) is 23.1. The SMILES string of the molecule is CCOC(=O)c1[nH]c(C)c(CCC(=O)N2CCCC(C(=O)NCCc3cccs3)C2)c1C. The lowest BCUT2D eigenvalue weighted by molar-refractivity contribution is -0.135. The molecule has 174 valence electrons. The van der Waals surface area contributed by atoms with Gasteiger partial charge in [-0.25, -0.2) is 4.79 Å². The molecule has 1 unspecified atom stereocenters. The van der Waals surface area contributed by atoms with Crippen LogP contribution in [0, 0.1) is 19.8 Å². The average molecular weight is 460 g/mol. The van der Waals surface area contributed by atoms with Crippen molar-refractivity contribution >= 4 is 29.1 Å². The van der Waals surface area contributed by atoms with Gasteiger partial charge < -0.3 is 19.9 Å². The summed E-state index contributed by atoms with van der Waals surface area (Å²) in [5.41, 5.74) is 3.18. The average Bonchev–Trinajstić information content (AvgIpc) is 3.40. The van der Waals surface area contributed by atoms with Crippen LogP contribution in [0.25, 0.3) is 0 Å². The van der Waals surface area contributed by atoms with Crippen LogP contribution in [0.15, 0.2) is 17.5 Å². The summed E-state index contributed by atoms with van der Waals surface area (Å²) in [6.07, 6.45) is 3.40. The van der Waals surface area contributed by atoms with Crippen LogP contribution in [-0.4, -0.2) is 53.9 Å². The van der Waals surface area contributed by atoms with Gasteiger partial charge in [0.1, 0.15) is 5.69 Å². The summed E-state index contributed by atoms with van der Waals surface area (Å²) in [6, 6.07) is 4.09. The smallest absolute Gasteiger partial charge is 0.355 e. The van der Waals surface area contributed by atoms with Crippen molar-refractivity contribution in [3.63, 3.8) is 0 Å². The molecule has 7 nitrogen and oxygen atoms in total. The van der Waals surface area contributed by atoms with Gasteiger partial charge in [0, 0.05) is 36.6 Å². The fourth-order valence-corrected chi connectivity index (χ4v) is 5.00. The van der Waals surface area contributed by atoms with Crippen molar-refractivity contribution in [3.05, 3.63) is 44.9 Å². The minimum absolute atomic E-state index is 0.0375. The summed E-state index contributed by atoms with van der Waals surface area (Å²) in [5, 5.41) is 5.07. The van der Waals surface area contributed by atoms with E-state index in [4.69, 9.17) is 4.74 Å². The predicted octanol–water partition coefficient (Wildman–Crippen LogP) is 3.40. The topological polar surface area (TPSA) is 91.5 Å². The number of piperidine rings is 1. The van der Waals surface area contributed by atoms with Crippen molar-refractivity contribution in [1.29, 1.82) is 0 Å². The number of amides is 2. The molecule has 1 atom stereocenters. The van der Waals surface area contributed by atoms with Gasteiger partial charge in [-0.05, 0) is 69.0 Å². The van der Waals surface area contributed by atoms with Gasteiger partial charge in [-0.2, -0.15) is 0 Å². The van der Waals surface area contributed by atoms with E-state index in [1.165, 1.54) is 4.88 Å². The monoisotopic (exact) mass is 459 g/mol. The molecule has 1 fully saturated rings. The first-order chi connectivity index (χ1) is 15.4. The molecule has 0 saturated carbocycles. The summed E-state index contributed by atoms with van der Waals surface area (Å²) in [5.74, 6) is -0.425. The van der Waals surface area contributed by atoms with Crippen LogP contribution in [-0.2, 0) is 27.2 Å². The molecule has 0 aromatic carbocycles. The van der Waals surface area contributed by atoms with E-state index in [1.807, 2.05) is 30.2 Å². The zero-order valence-corrected chi connectivity index (χ0v) is 20.0. The van der Waals surface area contributed by atoms with Gasteiger partial charge in [-0.3, -0.25) is 9.59 Å². The predicted molar refractivity (Wildman–Crippen MR) is 125 cm³/mol. The third-order valence-corrected chi connectivity index (χ3v) is 6.99. The zero-order valence-electron chi connectivity index (χ0n) is 19.2. The highest BCUT2D eigenvalue weighted by Crippen LogP contribution is 2.22. The fourth-order valence-electron chi connectivity index (χ4n) is 4.29. The van der Waals surface area contributed by atoms with E-state index < -0.39 is 0 Å². The van der Waals surface area contributed by atoms with Crippen molar-refractivity contribution in [3.8, 4) is 0 Å². The Hall–Kier alpha value is -2.61. The lowest BCUT2D eigenvalue weighted by Crippen LogP contribution is -2.45. The second-order valence-electron chi connectivity index (χ2n) is 8.25. The summed E-state index contributed by atoms with van der Waals surface area (Å²) < 4.78 is 5.10. The summed E-state index contributed by atoms with van der Waals surface area (Å²) in [7, 11) is 0. The van der Waals surface area contributed by atoms with Crippen LogP contribution >= 0.6 is 11.3 Å². The highest BCUT2D eigenvalue weighted by molar-refractivity contribution is 7.09. The van der Waals surface area contributed by atoms with Crippen molar-refractivity contribution in [1.82, 2.24) is 15.2 Å². The Balaban J connectivity index is 1.50. The maximum atomic E-state index is 12.9. The molecule has 2 N–H and O–H groups in total. The van der Waals surface area contributed by atoms with Crippen LogP contribution in [0.3, 0.4) is 0 Å². The first kappa shape index (κ1) is 24.0. The molecule has 1 saturated heterocycles. The van der Waals surface area contributed by atoms with Crippen LogP contribution in [0.1, 0.15) is 58.4 Å². The van der Waals surface area contributed by atoms with E-state index in [0.29, 0.717) is 44.8 Å². The van der Waals surface area contributed by atoms with Crippen molar-refractivity contribution < 1.29 is 19.1 Å². The molecule has 1 aliphatic heterocycles. The Kier molecular flexibility index (Phi) is 8.50. The lowest BCUT2D eigenvalue weighted by Gasteiger charge is -2.32. The Bertz CT molecular complexity index is 935.